The molecule has 2 N–H and O–H groups in total. The molecule has 2 aromatic heterocycles. The molecule has 0 unspecified atom stereocenters. The second kappa shape index (κ2) is 9.61. The van der Waals surface area contributed by atoms with Gasteiger partial charge in [0.05, 0.1) is 16.2 Å². The molecule has 9 nitrogen and oxygen atoms in total. The topological polar surface area (TPSA) is 121 Å². The summed E-state index contributed by atoms with van der Waals surface area (Å²) in [7, 11) is -3.57. The van der Waals surface area contributed by atoms with E-state index in [-0.39, 0.29) is 21.8 Å². The molecule has 1 aliphatic heterocycles. The number of anilines is 1. The first-order chi connectivity index (χ1) is 16.5. The number of H-pyrrole nitrogens is 1. The normalized spacial score (nSPS) is 14.9. The van der Waals surface area contributed by atoms with Crippen molar-refractivity contribution >= 4 is 44.3 Å². The Hall–Kier alpha value is -3.15. The molecule has 0 spiro atoms. The van der Waals surface area contributed by atoms with Crippen LogP contribution in [0.1, 0.15) is 19.3 Å². The Labute approximate surface area is 201 Å². The number of fused-ring (bicyclic) bond motifs is 1. The number of carbonyl (C=O) groups excluding carboxylic acids is 1. The van der Waals surface area contributed by atoms with E-state index in [2.05, 4.69) is 20.5 Å². The number of amides is 1. The molecule has 2 aromatic carbocycles. The van der Waals surface area contributed by atoms with Crippen LogP contribution in [0.25, 0.3) is 22.4 Å². The summed E-state index contributed by atoms with van der Waals surface area (Å²) in [4.78, 5) is 15.8. The third kappa shape index (κ3) is 4.72. The van der Waals surface area contributed by atoms with Crippen LogP contribution in [-0.2, 0) is 14.8 Å². The molecule has 5 rings (SSSR count). The van der Waals surface area contributed by atoms with Gasteiger partial charge in [-0.3, -0.25) is 4.79 Å². The fourth-order valence-corrected chi connectivity index (χ4v) is 6.07. The predicted octanol–water partition coefficient (Wildman–Crippen LogP) is 4.12. The van der Waals surface area contributed by atoms with Gasteiger partial charge in [0, 0.05) is 35.9 Å². The van der Waals surface area contributed by atoms with E-state index < -0.39 is 10.0 Å². The minimum absolute atomic E-state index is 0.0403. The van der Waals surface area contributed by atoms with E-state index in [4.69, 9.17) is 4.42 Å². The maximum Gasteiger partial charge on any atom is 0.277 e. The number of rotatable bonds is 7. The zero-order valence-electron chi connectivity index (χ0n) is 18.2. The Morgan fingerprint density at radius 2 is 1.91 bits per heavy atom. The lowest BCUT2D eigenvalue weighted by atomic mass is 10.2. The van der Waals surface area contributed by atoms with Gasteiger partial charge in [0.2, 0.25) is 15.9 Å². The zero-order chi connectivity index (χ0) is 23.5. The lowest BCUT2D eigenvalue weighted by Crippen LogP contribution is -2.35. The molecule has 34 heavy (non-hydrogen) atoms. The van der Waals surface area contributed by atoms with E-state index >= 15 is 0 Å². The van der Waals surface area contributed by atoms with Crippen LogP contribution in [0.4, 0.5) is 5.69 Å². The lowest BCUT2D eigenvalue weighted by molar-refractivity contribution is -0.113. The van der Waals surface area contributed by atoms with Crippen molar-refractivity contribution in [3.05, 3.63) is 54.7 Å². The third-order valence-electron chi connectivity index (χ3n) is 5.62. The molecule has 1 aliphatic rings. The Balaban J connectivity index is 1.21. The van der Waals surface area contributed by atoms with Crippen molar-refractivity contribution in [2.24, 2.45) is 0 Å². The maximum absolute atomic E-state index is 12.9. The average molecular weight is 498 g/mol. The number of sulfonamides is 1. The van der Waals surface area contributed by atoms with Gasteiger partial charge in [0.15, 0.2) is 0 Å². The van der Waals surface area contributed by atoms with Gasteiger partial charge in [-0.15, -0.1) is 10.2 Å². The maximum atomic E-state index is 12.9. The average Bonchev–Trinajstić information content (AvgIpc) is 3.50. The minimum atomic E-state index is -3.57. The zero-order valence-corrected chi connectivity index (χ0v) is 19.9. The van der Waals surface area contributed by atoms with Crippen molar-refractivity contribution in [1.29, 1.82) is 0 Å². The summed E-state index contributed by atoms with van der Waals surface area (Å²) in [6, 6.07) is 14.1. The smallest absolute Gasteiger partial charge is 0.277 e. The predicted molar refractivity (Wildman–Crippen MR) is 130 cm³/mol. The first kappa shape index (κ1) is 22.6. The molecule has 0 bridgehead atoms. The first-order valence-electron chi connectivity index (χ1n) is 10.9. The molecule has 1 amide bonds. The quantitative estimate of drug-likeness (QED) is 0.368. The summed E-state index contributed by atoms with van der Waals surface area (Å²) in [5, 5.41) is 12.1. The molecule has 4 aromatic rings. The molecule has 11 heteroatoms. The van der Waals surface area contributed by atoms with E-state index in [1.807, 2.05) is 30.5 Å². The van der Waals surface area contributed by atoms with Crippen molar-refractivity contribution < 1.29 is 17.6 Å². The van der Waals surface area contributed by atoms with Crippen LogP contribution in [0, 0.1) is 0 Å². The van der Waals surface area contributed by atoms with Gasteiger partial charge in [0.1, 0.15) is 0 Å². The van der Waals surface area contributed by atoms with Crippen LogP contribution in [0.15, 0.2) is 69.3 Å². The summed E-state index contributed by atoms with van der Waals surface area (Å²) >= 11 is 1.11. The fourth-order valence-electron chi connectivity index (χ4n) is 3.94. The van der Waals surface area contributed by atoms with Gasteiger partial charge in [0.25, 0.3) is 11.1 Å². The van der Waals surface area contributed by atoms with Crippen molar-refractivity contribution in [3.8, 4) is 11.5 Å². The van der Waals surface area contributed by atoms with E-state index in [0.717, 1.165) is 47.5 Å². The Kier molecular flexibility index (Phi) is 6.40. The second-order valence-corrected chi connectivity index (χ2v) is 10.8. The van der Waals surface area contributed by atoms with E-state index in [9.17, 15) is 13.2 Å². The number of thioether (sulfide) groups is 1. The Morgan fingerprint density at radius 3 is 2.76 bits per heavy atom. The summed E-state index contributed by atoms with van der Waals surface area (Å²) in [5.41, 5.74) is 2.19. The van der Waals surface area contributed by atoms with Gasteiger partial charge in [-0.05, 0) is 37.1 Å². The monoisotopic (exact) mass is 497 g/mol. The van der Waals surface area contributed by atoms with Crippen LogP contribution in [0.3, 0.4) is 0 Å². The highest BCUT2D eigenvalue weighted by molar-refractivity contribution is 7.99. The molecular weight excluding hydrogens is 474 g/mol. The molecule has 0 saturated carbocycles. The number of benzene rings is 2. The largest absolute Gasteiger partial charge is 0.411 e. The number of hydrogen-bond donors (Lipinski definition) is 2. The van der Waals surface area contributed by atoms with Crippen molar-refractivity contribution in [3.63, 3.8) is 0 Å². The Morgan fingerprint density at radius 1 is 1.09 bits per heavy atom. The molecule has 0 atom stereocenters. The molecule has 0 radical (unpaired) electrons. The van der Waals surface area contributed by atoms with E-state index in [0.29, 0.717) is 24.7 Å². The van der Waals surface area contributed by atoms with Gasteiger partial charge in [-0.25, -0.2) is 8.42 Å². The van der Waals surface area contributed by atoms with Crippen molar-refractivity contribution in [2.75, 3.05) is 24.2 Å². The summed E-state index contributed by atoms with van der Waals surface area (Å²) in [5.74, 6) is 0.110. The summed E-state index contributed by atoms with van der Waals surface area (Å²) < 4.78 is 33.0. The number of para-hydroxylation sites is 1. The summed E-state index contributed by atoms with van der Waals surface area (Å²) in [6.07, 6.45) is 4.59. The third-order valence-corrected chi connectivity index (χ3v) is 8.34. The molecule has 0 aliphatic carbocycles. The molecule has 1 fully saturated rings. The number of piperidine rings is 1. The van der Waals surface area contributed by atoms with Gasteiger partial charge >= 0.3 is 0 Å². The van der Waals surface area contributed by atoms with Crippen LogP contribution >= 0.6 is 11.8 Å². The van der Waals surface area contributed by atoms with Gasteiger partial charge in [-0.1, -0.05) is 42.4 Å². The highest BCUT2D eigenvalue weighted by atomic mass is 32.2. The van der Waals surface area contributed by atoms with E-state index in [1.54, 1.807) is 18.2 Å². The number of nitrogens with one attached hydrogen (secondary N) is 2. The van der Waals surface area contributed by atoms with Crippen LogP contribution in [-0.4, -0.2) is 52.7 Å². The molecule has 176 valence electrons. The number of nitrogens with zero attached hydrogens (tertiary/aromatic N) is 3. The standard InChI is InChI=1S/C23H23N5O4S2/c29-21(25-16-7-6-8-17(13-16)34(30,31)28-11-4-1-5-12-28)15-33-23-27-26-22(32-23)19-14-24-20-10-3-2-9-18(19)20/h2-3,6-10,13-14,24H,1,4-5,11-12,15H2,(H,25,29). The molecule has 1 saturated heterocycles. The minimum Gasteiger partial charge on any atom is -0.411 e. The van der Waals surface area contributed by atoms with Crippen molar-refractivity contribution in [1.82, 2.24) is 19.5 Å². The molecular formula is C23H23N5O4S2. The molecule has 3 heterocycles. The van der Waals surface area contributed by atoms with Crippen LogP contribution in [0.2, 0.25) is 0 Å². The number of carbonyl (C=O) groups is 1. The highest BCUT2D eigenvalue weighted by Crippen LogP contribution is 2.29. The lowest BCUT2D eigenvalue weighted by Gasteiger charge is -2.26. The van der Waals surface area contributed by atoms with Crippen molar-refractivity contribution in [2.45, 2.75) is 29.4 Å². The number of hydrogen-bond acceptors (Lipinski definition) is 7. The number of aromatic amines is 1. The van der Waals surface area contributed by atoms with Gasteiger partial charge in [-0.2, -0.15) is 4.31 Å². The van der Waals surface area contributed by atoms with Gasteiger partial charge < -0.3 is 14.7 Å². The fraction of sp³-hybridized carbons (Fsp3) is 0.261. The highest BCUT2D eigenvalue weighted by Gasteiger charge is 2.26. The van der Waals surface area contributed by atoms with Crippen LogP contribution in [0.5, 0.6) is 0 Å². The Bertz CT molecular complexity index is 1420. The summed E-state index contributed by atoms with van der Waals surface area (Å²) in [6.45, 7) is 1.06. The van der Waals surface area contributed by atoms with Crippen LogP contribution < -0.4 is 5.32 Å². The van der Waals surface area contributed by atoms with E-state index in [1.165, 1.54) is 10.4 Å². The first-order valence-corrected chi connectivity index (χ1v) is 13.4. The SMILES string of the molecule is O=C(CSc1nnc(-c2c[nH]c3ccccc23)o1)Nc1cccc(S(=O)(=O)N2CCCCC2)c1. The second-order valence-electron chi connectivity index (χ2n) is 7.95. The number of aromatic nitrogens is 3.